The van der Waals surface area contributed by atoms with Crippen LogP contribution < -0.4 is 14.8 Å². The van der Waals surface area contributed by atoms with Crippen molar-refractivity contribution in [3.63, 3.8) is 0 Å². The van der Waals surface area contributed by atoms with Crippen LogP contribution in [-0.4, -0.2) is 60.5 Å². The summed E-state index contributed by atoms with van der Waals surface area (Å²) in [4.78, 5) is 41.6. The van der Waals surface area contributed by atoms with Gasteiger partial charge in [0.1, 0.15) is 17.0 Å². The highest BCUT2D eigenvalue weighted by molar-refractivity contribution is 6.30. The minimum absolute atomic E-state index is 0.104. The Bertz CT molecular complexity index is 1020. The molecule has 1 N–H and O–H groups in total. The number of hydrogen-bond donors (Lipinski definition) is 1. The van der Waals surface area contributed by atoms with Gasteiger partial charge in [0.25, 0.3) is 11.8 Å². The lowest BCUT2D eigenvalue weighted by Gasteiger charge is -2.22. The summed E-state index contributed by atoms with van der Waals surface area (Å²) >= 11 is 5.91. The molecule has 162 valence electrons. The van der Waals surface area contributed by atoms with Crippen LogP contribution in [0.2, 0.25) is 5.02 Å². The highest BCUT2D eigenvalue weighted by atomic mass is 35.5. The molecule has 0 saturated carbocycles. The normalized spacial score (nSPS) is 20.4. The van der Waals surface area contributed by atoms with E-state index in [1.54, 1.807) is 47.4 Å². The number of halogens is 1. The van der Waals surface area contributed by atoms with E-state index in [4.69, 9.17) is 21.1 Å². The van der Waals surface area contributed by atoms with E-state index in [9.17, 15) is 14.4 Å². The summed E-state index contributed by atoms with van der Waals surface area (Å²) in [6.45, 7) is 0.594. The summed E-state index contributed by atoms with van der Waals surface area (Å²) in [6, 6.07) is 11.4. The van der Waals surface area contributed by atoms with Gasteiger partial charge in [-0.2, -0.15) is 0 Å². The SMILES string of the molecule is COc1cc(OC)cc(C(=O)N2CC[C@]3(C2)NC(=O)N(Cc2ccc(Cl)cc2)C3=O)c1. The number of rotatable bonds is 5. The maximum atomic E-state index is 13.2. The lowest BCUT2D eigenvalue weighted by molar-refractivity contribution is -0.131. The fourth-order valence-electron chi connectivity index (χ4n) is 3.97. The van der Waals surface area contributed by atoms with Gasteiger partial charge in [-0.3, -0.25) is 14.5 Å². The van der Waals surface area contributed by atoms with Crippen molar-refractivity contribution in [3.05, 3.63) is 58.6 Å². The predicted octanol–water partition coefficient (Wildman–Crippen LogP) is 2.69. The fraction of sp³-hybridized carbons (Fsp3) is 0.318. The van der Waals surface area contributed by atoms with E-state index in [2.05, 4.69) is 5.32 Å². The van der Waals surface area contributed by atoms with Crippen LogP contribution in [-0.2, 0) is 11.3 Å². The Hall–Kier alpha value is -3.26. The van der Waals surface area contributed by atoms with E-state index in [0.717, 1.165) is 5.56 Å². The number of methoxy groups -OCH3 is 2. The number of imide groups is 1. The lowest BCUT2D eigenvalue weighted by atomic mass is 9.99. The minimum atomic E-state index is -1.11. The molecule has 4 amide bonds. The summed E-state index contributed by atoms with van der Waals surface area (Å²) < 4.78 is 10.5. The van der Waals surface area contributed by atoms with Crippen molar-refractivity contribution >= 4 is 29.4 Å². The van der Waals surface area contributed by atoms with E-state index in [-0.39, 0.29) is 24.9 Å². The summed E-state index contributed by atoms with van der Waals surface area (Å²) in [7, 11) is 3.02. The number of ether oxygens (including phenoxy) is 2. The second kappa shape index (κ2) is 8.11. The molecule has 2 heterocycles. The number of hydrogen-bond acceptors (Lipinski definition) is 5. The maximum Gasteiger partial charge on any atom is 0.325 e. The van der Waals surface area contributed by atoms with Crippen LogP contribution in [0.4, 0.5) is 4.79 Å². The van der Waals surface area contributed by atoms with Crippen molar-refractivity contribution in [1.82, 2.24) is 15.1 Å². The summed E-state index contributed by atoms with van der Waals surface area (Å²) in [6.07, 6.45) is 0.349. The zero-order valence-electron chi connectivity index (χ0n) is 17.2. The number of amides is 4. The van der Waals surface area contributed by atoms with E-state index in [1.807, 2.05) is 0 Å². The van der Waals surface area contributed by atoms with Crippen LogP contribution in [0.3, 0.4) is 0 Å². The Morgan fingerprint density at radius 2 is 1.74 bits per heavy atom. The molecule has 2 aromatic rings. The number of urea groups is 1. The van der Waals surface area contributed by atoms with Gasteiger partial charge in [-0.1, -0.05) is 23.7 Å². The number of carbonyl (C=O) groups is 3. The first-order chi connectivity index (χ1) is 14.8. The Morgan fingerprint density at radius 1 is 1.10 bits per heavy atom. The van der Waals surface area contributed by atoms with Crippen molar-refractivity contribution < 1.29 is 23.9 Å². The van der Waals surface area contributed by atoms with Crippen LogP contribution in [0.15, 0.2) is 42.5 Å². The Morgan fingerprint density at radius 3 is 2.35 bits per heavy atom. The Balaban J connectivity index is 1.51. The van der Waals surface area contributed by atoms with Gasteiger partial charge in [0, 0.05) is 23.2 Å². The summed E-state index contributed by atoms with van der Waals surface area (Å²) in [5.41, 5.74) is 0.0738. The van der Waals surface area contributed by atoms with Crippen molar-refractivity contribution in [2.45, 2.75) is 18.5 Å². The Kier molecular flexibility index (Phi) is 5.49. The minimum Gasteiger partial charge on any atom is -0.497 e. The molecule has 2 fully saturated rings. The van der Waals surface area contributed by atoms with Crippen molar-refractivity contribution in [1.29, 1.82) is 0 Å². The molecular formula is C22H22ClN3O5. The number of nitrogens with one attached hydrogen (secondary N) is 1. The molecule has 31 heavy (non-hydrogen) atoms. The summed E-state index contributed by atoms with van der Waals surface area (Å²) in [5.74, 6) is 0.408. The molecular weight excluding hydrogens is 422 g/mol. The van der Waals surface area contributed by atoms with Gasteiger partial charge in [0.05, 0.1) is 27.3 Å². The standard InChI is InChI=1S/C22H22ClN3O5/c1-30-17-9-15(10-18(11-17)31-2)19(27)25-8-7-22(13-25)20(28)26(21(29)24-22)12-14-3-5-16(23)6-4-14/h3-6,9-11H,7-8,12-13H2,1-2H3,(H,24,29)/t22-/m1/s1. The zero-order chi connectivity index (χ0) is 22.2. The van der Waals surface area contributed by atoms with Gasteiger partial charge >= 0.3 is 6.03 Å². The third-order valence-corrected chi connectivity index (χ3v) is 5.91. The number of nitrogens with zero attached hydrogens (tertiary/aromatic N) is 2. The van der Waals surface area contributed by atoms with Gasteiger partial charge in [0.2, 0.25) is 0 Å². The zero-order valence-corrected chi connectivity index (χ0v) is 17.9. The van der Waals surface area contributed by atoms with Crippen molar-refractivity contribution in [3.8, 4) is 11.5 Å². The van der Waals surface area contributed by atoms with E-state index >= 15 is 0 Å². The first-order valence-corrected chi connectivity index (χ1v) is 10.1. The molecule has 0 radical (unpaired) electrons. The highest BCUT2D eigenvalue weighted by Crippen LogP contribution is 2.32. The lowest BCUT2D eigenvalue weighted by Crippen LogP contribution is -2.49. The van der Waals surface area contributed by atoms with E-state index in [1.165, 1.54) is 19.1 Å². The van der Waals surface area contributed by atoms with E-state index < -0.39 is 11.6 Å². The van der Waals surface area contributed by atoms with Crippen LogP contribution >= 0.6 is 11.6 Å². The Labute approximate surface area is 184 Å². The van der Waals surface area contributed by atoms with Crippen LogP contribution in [0.1, 0.15) is 22.3 Å². The first-order valence-electron chi connectivity index (χ1n) is 9.76. The molecule has 0 unspecified atom stereocenters. The number of carbonyl (C=O) groups excluding carboxylic acids is 3. The van der Waals surface area contributed by atoms with Gasteiger partial charge in [0.15, 0.2) is 0 Å². The molecule has 0 aromatic heterocycles. The molecule has 4 rings (SSSR count). The van der Waals surface area contributed by atoms with E-state index in [0.29, 0.717) is 35.1 Å². The average Bonchev–Trinajstić information content (AvgIpc) is 3.30. The molecule has 1 atom stereocenters. The third-order valence-electron chi connectivity index (χ3n) is 5.65. The van der Waals surface area contributed by atoms with Gasteiger partial charge < -0.3 is 19.7 Å². The summed E-state index contributed by atoms with van der Waals surface area (Å²) in [5, 5.41) is 3.39. The van der Waals surface area contributed by atoms with Gasteiger partial charge in [-0.15, -0.1) is 0 Å². The molecule has 1 spiro atoms. The second-order valence-corrected chi connectivity index (χ2v) is 8.04. The highest BCUT2D eigenvalue weighted by Gasteiger charge is 2.55. The monoisotopic (exact) mass is 443 g/mol. The van der Waals surface area contributed by atoms with Crippen molar-refractivity contribution in [2.24, 2.45) is 0 Å². The number of benzene rings is 2. The molecule has 0 bridgehead atoms. The van der Waals surface area contributed by atoms with Crippen LogP contribution in [0, 0.1) is 0 Å². The maximum absolute atomic E-state index is 13.2. The van der Waals surface area contributed by atoms with Crippen LogP contribution in [0.25, 0.3) is 0 Å². The third kappa shape index (κ3) is 3.90. The molecule has 2 saturated heterocycles. The predicted molar refractivity (Wildman–Crippen MR) is 113 cm³/mol. The largest absolute Gasteiger partial charge is 0.497 e. The molecule has 2 aliphatic rings. The first kappa shape index (κ1) is 21.0. The van der Waals surface area contributed by atoms with Crippen LogP contribution in [0.5, 0.6) is 11.5 Å². The quantitative estimate of drug-likeness (QED) is 0.718. The van der Waals surface area contributed by atoms with Gasteiger partial charge in [-0.05, 0) is 36.2 Å². The smallest absolute Gasteiger partial charge is 0.325 e. The molecule has 2 aromatic carbocycles. The molecule has 9 heteroatoms. The fourth-order valence-corrected chi connectivity index (χ4v) is 4.09. The average molecular weight is 444 g/mol. The molecule has 0 aliphatic carbocycles. The van der Waals surface area contributed by atoms with Crippen molar-refractivity contribution in [2.75, 3.05) is 27.3 Å². The number of likely N-dealkylation sites (tertiary alicyclic amines) is 1. The topological polar surface area (TPSA) is 88.2 Å². The second-order valence-electron chi connectivity index (χ2n) is 7.61. The molecule has 2 aliphatic heterocycles. The molecule has 8 nitrogen and oxygen atoms in total. The van der Waals surface area contributed by atoms with Gasteiger partial charge in [-0.25, -0.2) is 4.79 Å².